The summed E-state index contributed by atoms with van der Waals surface area (Å²) in [6, 6.07) is 5.34. The van der Waals surface area contributed by atoms with Crippen LogP contribution < -0.4 is 0 Å². The lowest BCUT2D eigenvalue weighted by molar-refractivity contribution is -0.140. The molecule has 0 saturated carbocycles. The van der Waals surface area contributed by atoms with E-state index in [4.69, 9.17) is 16.7 Å². The molecule has 0 spiro atoms. The third-order valence-corrected chi connectivity index (χ3v) is 2.85. The SMILES string of the molecule is O=C(O)CC(=O)C1Cc2cc(Cl)ccc21. The number of carboxylic acids is 1. The van der Waals surface area contributed by atoms with Crippen molar-refractivity contribution >= 4 is 23.4 Å². The summed E-state index contributed by atoms with van der Waals surface area (Å²) in [4.78, 5) is 21.8. The summed E-state index contributed by atoms with van der Waals surface area (Å²) in [5.41, 5.74) is 1.97. The first kappa shape index (κ1) is 10.2. The summed E-state index contributed by atoms with van der Waals surface area (Å²) in [7, 11) is 0. The van der Waals surface area contributed by atoms with Gasteiger partial charge in [0.1, 0.15) is 6.42 Å². The number of carboxylic acid groups (broad SMARTS) is 1. The molecule has 0 aliphatic heterocycles. The molecule has 4 heteroatoms. The summed E-state index contributed by atoms with van der Waals surface area (Å²) in [5, 5.41) is 9.15. The zero-order valence-electron chi connectivity index (χ0n) is 7.87. The van der Waals surface area contributed by atoms with E-state index >= 15 is 0 Å². The van der Waals surface area contributed by atoms with E-state index < -0.39 is 12.4 Å². The highest BCUT2D eigenvalue weighted by molar-refractivity contribution is 6.30. The average Bonchev–Trinajstić information content (AvgIpc) is 2.08. The molecule has 1 N–H and O–H groups in total. The summed E-state index contributed by atoms with van der Waals surface area (Å²) >= 11 is 5.78. The molecular weight excluding hydrogens is 216 g/mol. The second kappa shape index (κ2) is 3.66. The van der Waals surface area contributed by atoms with Crippen molar-refractivity contribution in [2.75, 3.05) is 0 Å². The molecule has 1 unspecified atom stereocenters. The molecule has 15 heavy (non-hydrogen) atoms. The predicted molar refractivity (Wildman–Crippen MR) is 55.2 cm³/mol. The van der Waals surface area contributed by atoms with Crippen molar-refractivity contribution in [3.63, 3.8) is 0 Å². The number of Topliss-reactive ketones (excluding diaryl/α,β-unsaturated/α-hetero) is 1. The number of ketones is 1. The van der Waals surface area contributed by atoms with Gasteiger partial charge < -0.3 is 5.11 Å². The van der Waals surface area contributed by atoms with E-state index in [0.717, 1.165) is 11.1 Å². The minimum Gasteiger partial charge on any atom is -0.481 e. The topological polar surface area (TPSA) is 54.4 Å². The van der Waals surface area contributed by atoms with Crippen molar-refractivity contribution in [2.24, 2.45) is 0 Å². The Kier molecular flexibility index (Phi) is 2.49. The normalized spacial score (nSPS) is 17.8. The van der Waals surface area contributed by atoms with Crippen LogP contribution in [0.3, 0.4) is 0 Å². The van der Waals surface area contributed by atoms with Gasteiger partial charge in [0.25, 0.3) is 0 Å². The highest BCUT2D eigenvalue weighted by Gasteiger charge is 2.32. The molecule has 1 aliphatic rings. The molecule has 3 nitrogen and oxygen atoms in total. The lowest BCUT2D eigenvalue weighted by Crippen LogP contribution is -2.26. The molecule has 1 atom stereocenters. The molecule has 0 aromatic heterocycles. The van der Waals surface area contributed by atoms with Crippen LogP contribution in [0.25, 0.3) is 0 Å². The van der Waals surface area contributed by atoms with Crippen molar-refractivity contribution < 1.29 is 14.7 Å². The van der Waals surface area contributed by atoms with E-state index in [1.807, 2.05) is 6.07 Å². The molecular formula is C11H9ClO3. The number of rotatable bonds is 3. The Balaban J connectivity index is 2.14. The summed E-state index contributed by atoms with van der Waals surface area (Å²) < 4.78 is 0. The Morgan fingerprint density at radius 2 is 2.20 bits per heavy atom. The molecule has 0 fully saturated rings. The Labute approximate surface area is 91.7 Å². The largest absolute Gasteiger partial charge is 0.481 e. The standard InChI is InChI=1S/C11H9ClO3/c12-7-1-2-8-6(3-7)4-9(8)10(13)5-11(14)15/h1-3,9H,4-5H2,(H,14,15). The van der Waals surface area contributed by atoms with E-state index in [9.17, 15) is 9.59 Å². The van der Waals surface area contributed by atoms with Gasteiger partial charge in [0.2, 0.25) is 0 Å². The smallest absolute Gasteiger partial charge is 0.310 e. The van der Waals surface area contributed by atoms with E-state index in [-0.39, 0.29) is 11.7 Å². The van der Waals surface area contributed by atoms with Crippen molar-refractivity contribution in [2.45, 2.75) is 18.8 Å². The van der Waals surface area contributed by atoms with Gasteiger partial charge in [0, 0.05) is 10.9 Å². The molecule has 2 rings (SSSR count). The monoisotopic (exact) mass is 224 g/mol. The summed E-state index contributed by atoms with van der Waals surface area (Å²) in [6.07, 6.45) is 0.217. The van der Waals surface area contributed by atoms with Crippen LogP contribution in [0.1, 0.15) is 23.5 Å². The minimum atomic E-state index is -1.07. The number of carbonyl (C=O) groups is 2. The Morgan fingerprint density at radius 1 is 1.47 bits per heavy atom. The second-order valence-corrected chi connectivity index (χ2v) is 4.07. The molecule has 1 aromatic carbocycles. The van der Waals surface area contributed by atoms with E-state index in [1.54, 1.807) is 12.1 Å². The van der Waals surface area contributed by atoms with Crippen LogP contribution in [-0.4, -0.2) is 16.9 Å². The van der Waals surface area contributed by atoms with Crippen LogP contribution in [0.4, 0.5) is 0 Å². The van der Waals surface area contributed by atoms with Crippen LogP contribution in [-0.2, 0) is 16.0 Å². The lowest BCUT2D eigenvalue weighted by Gasteiger charge is -2.28. The maximum Gasteiger partial charge on any atom is 0.310 e. The zero-order valence-corrected chi connectivity index (χ0v) is 8.62. The quantitative estimate of drug-likeness (QED) is 0.800. The number of carbonyl (C=O) groups excluding carboxylic acids is 1. The Bertz CT molecular complexity index is 439. The first-order valence-corrected chi connectivity index (χ1v) is 4.98. The fraction of sp³-hybridized carbons (Fsp3) is 0.273. The van der Waals surface area contributed by atoms with E-state index in [1.165, 1.54) is 0 Å². The third-order valence-electron chi connectivity index (χ3n) is 2.62. The molecule has 78 valence electrons. The van der Waals surface area contributed by atoms with Crippen molar-refractivity contribution in [1.82, 2.24) is 0 Å². The number of hydrogen-bond acceptors (Lipinski definition) is 2. The molecule has 1 aromatic rings. The van der Waals surface area contributed by atoms with Gasteiger partial charge in [-0.2, -0.15) is 0 Å². The van der Waals surface area contributed by atoms with Gasteiger partial charge in [-0.25, -0.2) is 0 Å². The Hall–Kier alpha value is -1.35. The van der Waals surface area contributed by atoms with Gasteiger partial charge in [-0.05, 0) is 29.7 Å². The summed E-state index contributed by atoms with van der Waals surface area (Å²) in [5.74, 6) is -1.53. The van der Waals surface area contributed by atoms with Crippen LogP contribution in [0.2, 0.25) is 5.02 Å². The van der Waals surface area contributed by atoms with Gasteiger partial charge in [-0.3, -0.25) is 9.59 Å². The third kappa shape index (κ3) is 1.88. The average molecular weight is 225 g/mol. The number of halogens is 1. The predicted octanol–water partition coefficient (Wildman–Crippen LogP) is 2.02. The number of hydrogen-bond donors (Lipinski definition) is 1. The van der Waals surface area contributed by atoms with Gasteiger partial charge >= 0.3 is 5.97 Å². The number of aliphatic carboxylic acids is 1. The molecule has 0 radical (unpaired) electrons. The number of benzene rings is 1. The van der Waals surface area contributed by atoms with Gasteiger partial charge in [0.05, 0.1) is 0 Å². The Morgan fingerprint density at radius 3 is 2.80 bits per heavy atom. The number of fused-ring (bicyclic) bond motifs is 1. The van der Waals surface area contributed by atoms with Gasteiger partial charge in [0.15, 0.2) is 5.78 Å². The first-order valence-electron chi connectivity index (χ1n) is 4.61. The first-order chi connectivity index (χ1) is 7.08. The molecule has 1 aliphatic carbocycles. The van der Waals surface area contributed by atoms with Crippen molar-refractivity contribution in [3.05, 3.63) is 34.3 Å². The van der Waals surface area contributed by atoms with Gasteiger partial charge in [-0.1, -0.05) is 17.7 Å². The van der Waals surface area contributed by atoms with E-state index in [0.29, 0.717) is 11.4 Å². The maximum atomic E-state index is 11.5. The van der Waals surface area contributed by atoms with Crippen LogP contribution >= 0.6 is 11.6 Å². The van der Waals surface area contributed by atoms with Crippen LogP contribution in [0.15, 0.2) is 18.2 Å². The van der Waals surface area contributed by atoms with Crippen LogP contribution in [0.5, 0.6) is 0 Å². The van der Waals surface area contributed by atoms with Crippen LogP contribution in [0, 0.1) is 0 Å². The molecule has 0 saturated heterocycles. The minimum absolute atomic E-state index is 0.225. The fourth-order valence-electron chi connectivity index (χ4n) is 1.85. The van der Waals surface area contributed by atoms with E-state index in [2.05, 4.69) is 0 Å². The highest BCUT2D eigenvalue weighted by atomic mass is 35.5. The molecule has 0 amide bonds. The second-order valence-electron chi connectivity index (χ2n) is 3.64. The van der Waals surface area contributed by atoms with Gasteiger partial charge in [-0.15, -0.1) is 0 Å². The zero-order chi connectivity index (χ0) is 11.0. The highest BCUT2D eigenvalue weighted by Crippen LogP contribution is 2.37. The molecule has 0 bridgehead atoms. The summed E-state index contributed by atoms with van der Waals surface area (Å²) in [6.45, 7) is 0. The fourth-order valence-corrected chi connectivity index (χ4v) is 2.04. The molecule has 0 heterocycles. The maximum absolute atomic E-state index is 11.5. The van der Waals surface area contributed by atoms with Crippen molar-refractivity contribution in [3.8, 4) is 0 Å². The lowest BCUT2D eigenvalue weighted by atomic mass is 9.74. The van der Waals surface area contributed by atoms with Crippen molar-refractivity contribution in [1.29, 1.82) is 0 Å².